The van der Waals surface area contributed by atoms with Gasteiger partial charge in [0.15, 0.2) is 5.82 Å². The van der Waals surface area contributed by atoms with E-state index in [0.717, 1.165) is 0 Å². The van der Waals surface area contributed by atoms with Crippen LogP contribution in [0.25, 0.3) is 0 Å². The summed E-state index contributed by atoms with van der Waals surface area (Å²) in [6.07, 6.45) is -2.58. The van der Waals surface area contributed by atoms with Crippen molar-refractivity contribution in [2.75, 3.05) is 0 Å². The van der Waals surface area contributed by atoms with Crippen LogP contribution in [0.2, 0.25) is 0 Å². The lowest BCUT2D eigenvalue weighted by Crippen LogP contribution is -1.91. The second-order valence-electron chi connectivity index (χ2n) is 1.75. The second-order valence-corrected chi connectivity index (χ2v) is 2.12. The van der Waals surface area contributed by atoms with Crippen LogP contribution in [-0.4, -0.2) is 14.8 Å². The number of alkyl halides is 2. The van der Waals surface area contributed by atoms with Crippen LogP contribution >= 0.6 is 12.2 Å². The number of aryl methyl sites for hydroxylation is 1. The largest absolute Gasteiger partial charge is 0.296 e. The lowest BCUT2D eigenvalue weighted by Gasteiger charge is -1.89. The summed E-state index contributed by atoms with van der Waals surface area (Å²) in [4.78, 5) is 3.38. The number of aromatic amines is 1. The first-order valence-electron chi connectivity index (χ1n) is 2.52. The van der Waals surface area contributed by atoms with E-state index in [-0.39, 0.29) is 10.6 Å². The second kappa shape index (κ2) is 2.45. The van der Waals surface area contributed by atoms with E-state index in [4.69, 9.17) is 0 Å². The molecule has 0 saturated heterocycles. The van der Waals surface area contributed by atoms with Gasteiger partial charge in [0.05, 0.1) is 0 Å². The van der Waals surface area contributed by atoms with Crippen LogP contribution in [0.4, 0.5) is 8.78 Å². The molecule has 1 rings (SSSR count). The Labute approximate surface area is 60.7 Å². The first kappa shape index (κ1) is 7.33. The van der Waals surface area contributed by atoms with E-state index in [1.807, 2.05) is 0 Å². The summed E-state index contributed by atoms with van der Waals surface area (Å²) in [5.74, 6) is -0.382. The van der Waals surface area contributed by atoms with Gasteiger partial charge < -0.3 is 0 Å². The van der Waals surface area contributed by atoms with Crippen molar-refractivity contribution in [1.29, 1.82) is 0 Å². The summed E-state index contributed by atoms with van der Waals surface area (Å²) in [5, 5.41) is 2.30. The molecule has 0 fully saturated rings. The predicted molar refractivity (Wildman–Crippen MR) is 33.3 cm³/mol. The van der Waals surface area contributed by atoms with Crippen LogP contribution in [0.5, 0.6) is 0 Å². The van der Waals surface area contributed by atoms with Crippen molar-refractivity contribution in [3.05, 3.63) is 10.6 Å². The Morgan fingerprint density at radius 1 is 1.70 bits per heavy atom. The zero-order valence-corrected chi connectivity index (χ0v) is 5.95. The van der Waals surface area contributed by atoms with Crippen LogP contribution in [0.1, 0.15) is 12.2 Å². The summed E-state index contributed by atoms with van der Waals surface area (Å²) < 4.78 is 25.0. The highest BCUT2D eigenvalue weighted by molar-refractivity contribution is 7.71. The summed E-state index contributed by atoms with van der Waals surface area (Å²) in [7, 11) is 1.53. The van der Waals surface area contributed by atoms with E-state index in [1.165, 1.54) is 11.7 Å². The third-order valence-corrected chi connectivity index (χ3v) is 1.36. The standard InChI is InChI=1S/C4H5F2N3S/c1-9-4(10)7-3(8-9)2(5)6/h2H,1H3,(H,7,8,10). The number of aromatic nitrogens is 3. The minimum atomic E-state index is -2.58. The number of hydrogen-bond acceptors (Lipinski definition) is 2. The lowest BCUT2D eigenvalue weighted by molar-refractivity contribution is 0.140. The van der Waals surface area contributed by atoms with Crippen molar-refractivity contribution in [1.82, 2.24) is 14.8 Å². The molecule has 0 bridgehead atoms. The van der Waals surface area contributed by atoms with Crippen LogP contribution in [-0.2, 0) is 7.05 Å². The van der Waals surface area contributed by atoms with E-state index in [0.29, 0.717) is 0 Å². The van der Waals surface area contributed by atoms with Gasteiger partial charge in [0, 0.05) is 7.05 Å². The van der Waals surface area contributed by atoms with Crippen molar-refractivity contribution in [3.8, 4) is 0 Å². The van der Waals surface area contributed by atoms with Crippen molar-refractivity contribution >= 4 is 12.2 Å². The van der Waals surface area contributed by atoms with Gasteiger partial charge in [-0.2, -0.15) is 4.98 Å². The molecular formula is C4H5F2N3S. The van der Waals surface area contributed by atoms with E-state index in [2.05, 4.69) is 22.3 Å². The predicted octanol–water partition coefficient (Wildman–Crippen LogP) is 1.42. The van der Waals surface area contributed by atoms with Crippen LogP contribution in [0.15, 0.2) is 0 Å². The van der Waals surface area contributed by atoms with Gasteiger partial charge in [0.2, 0.25) is 4.77 Å². The first-order chi connectivity index (χ1) is 4.61. The number of H-pyrrole nitrogens is 1. The molecule has 1 heterocycles. The zero-order chi connectivity index (χ0) is 7.72. The van der Waals surface area contributed by atoms with Crippen LogP contribution in [0.3, 0.4) is 0 Å². The summed E-state index contributed by atoms with van der Waals surface area (Å²) in [5.41, 5.74) is 0. The van der Waals surface area contributed by atoms with Crippen molar-refractivity contribution in [2.24, 2.45) is 7.05 Å². The number of nitrogens with one attached hydrogen (secondary N) is 1. The van der Waals surface area contributed by atoms with E-state index < -0.39 is 6.43 Å². The molecular weight excluding hydrogens is 160 g/mol. The molecule has 0 spiro atoms. The van der Waals surface area contributed by atoms with Gasteiger partial charge in [0.1, 0.15) is 0 Å². The fourth-order valence-electron chi connectivity index (χ4n) is 0.520. The van der Waals surface area contributed by atoms with Crippen LogP contribution < -0.4 is 0 Å². The molecule has 0 amide bonds. The molecule has 10 heavy (non-hydrogen) atoms. The molecule has 1 aromatic rings. The Morgan fingerprint density at radius 2 is 2.30 bits per heavy atom. The fourth-order valence-corrected chi connectivity index (χ4v) is 0.664. The van der Waals surface area contributed by atoms with Crippen molar-refractivity contribution in [3.63, 3.8) is 0 Å². The number of hydrogen-bond donors (Lipinski definition) is 1. The number of rotatable bonds is 1. The van der Waals surface area contributed by atoms with Gasteiger partial charge in [-0.1, -0.05) is 0 Å². The molecule has 0 aliphatic carbocycles. The van der Waals surface area contributed by atoms with Crippen molar-refractivity contribution in [2.45, 2.75) is 6.43 Å². The third kappa shape index (κ3) is 1.21. The van der Waals surface area contributed by atoms with Gasteiger partial charge in [-0.3, -0.25) is 9.78 Å². The minimum absolute atomic E-state index is 0.135. The highest BCUT2D eigenvalue weighted by Crippen LogP contribution is 2.12. The van der Waals surface area contributed by atoms with Gasteiger partial charge in [-0.25, -0.2) is 8.78 Å². The Morgan fingerprint density at radius 3 is 2.50 bits per heavy atom. The maximum absolute atomic E-state index is 11.8. The highest BCUT2D eigenvalue weighted by atomic mass is 32.1. The van der Waals surface area contributed by atoms with E-state index in [9.17, 15) is 8.78 Å². The summed E-state index contributed by atoms with van der Waals surface area (Å²) >= 11 is 4.58. The van der Waals surface area contributed by atoms with Crippen molar-refractivity contribution < 1.29 is 8.78 Å². The van der Waals surface area contributed by atoms with Gasteiger partial charge >= 0.3 is 0 Å². The molecule has 0 radical (unpaired) electrons. The number of halogens is 2. The average Bonchev–Trinajstić information content (AvgIpc) is 2.13. The maximum atomic E-state index is 11.8. The monoisotopic (exact) mass is 165 g/mol. The van der Waals surface area contributed by atoms with E-state index >= 15 is 0 Å². The summed E-state index contributed by atoms with van der Waals surface area (Å²) in [6.45, 7) is 0. The normalized spacial score (nSPS) is 10.8. The maximum Gasteiger partial charge on any atom is 0.296 e. The molecule has 0 aliphatic heterocycles. The molecule has 3 nitrogen and oxygen atoms in total. The topological polar surface area (TPSA) is 33.6 Å². The summed E-state index contributed by atoms with van der Waals surface area (Å²) in [6, 6.07) is 0. The molecule has 56 valence electrons. The minimum Gasteiger partial charge on any atom is -0.279 e. The lowest BCUT2D eigenvalue weighted by atomic mass is 10.7. The molecule has 0 aromatic carbocycles. The van der Waals surface area contributed by atoms with Gasteiger partial charge in [0.25, 0.3) is 6.43 Å². The Balaban J connectivity index is 3.10. The molecule has 0 unspecified atom stereocenters. The quantitative estimate of drug-likeness (QED) is 0.638. The Hall–Kier alpha value is -0.780. The molecule has 6 heteroatoms. The molecule has 1 aromatic heterocycles. The van der Waals surface area contributed by atoms with Gasteiger partial charge in [-0.15, -0.1) is 0 Å². The number of nitrogens with zero attached hydrogens (tertiary/aromatic N) is 2. The molecule has 1 N–H and O–H groups in total. The molecule has 0 saturated carbocycles. The fraction of sp³-hybridized carbons (Fsp3) is 0.500. The zero-order valence-electron chi connectivity index (χ0n) is 5.14. The molecule has 0 aliphatic rings. The SMILES string of the molecule is Cn1[nH]c(C(F)F)nc1=S. The Bertz CT molecular complexity index is 276. The third-order valence-electron chi connectivity index (χ3n) is 0.992. The Kier molecular flexibility index (Phi) is 1.80. The highest BCUT2D eigenvalue weighted by Gasteiger charge is 2.10. The van der Waals surface area contributed by atoms with E-state index in [1.54, 1.807) is 0 Å². The van der Waals surface area contributed by atoms with Gasteiger partial charge in [-0.05, 0) is 12.2 Å². The van der Waals surface area contributed by atoms with Crippen LogP contribution in [0, 0.1) is 4.77 Å². The molecule has 0 atom stereocenters. The first-order valence-corrected chi connectivity index (χ1v) is 2.93. The average molecular weight is 165 g/mol. The smallest absolute Gasteiger partial charge is 0.279 e.